The predicted octanol–water partition coefficient (Wildman–Crippen LogP) is -0.591. The van der Waals surface area contributed by atoms with Crippen LogP contribution in [0, 0.1) is 0 Å². The Hall–Kier alpha value is -1.67. The summed E-state index contributed by atoms with van der Waals surface area (Å²) in [5.74, 6) is -0.626. The summed E-state index contributed by atoms with van der Waals surface area (Å²) in [6.07, 6.45) is 2.86. The Morgan fingerprint density at radius 2 is 2.20 bits per heavy atom. The summed E-state index contributed by atoms with van der Waals surface area (Å²) in [6, 6.07) is 0.824. The van der Waals surface area contributed by atoms with Crippen molar-refractivity contribution in [2.45, 2.75) is 12.5 Å². The van der Waals surface area contributed by atoms with Crippen LogP contribution in [0.25, 0.3) is 0 Å². The molecule has 0 bridgehead atoms. The number of hydrogen-bond donors (Lipinski definition) is 2. The van der Waals surface area contributed by atoms with Gasteiger partial charge < -0.3 is 15.1 Å². The van der Waals surface area contributed by atoms with Gasteiger partial charge in [0.05, 0.1) is 29.9 Å². The molecule has 0 aliphatic carbocycles. The van der Waals surface area contributed by atoms with Crippen molar-refractivity contribution in [3.63, 3.8) is 0 Å². The number of aromatic hydroxyl groups is 1. The second-order valence-corrected chi connectivity index (χ2v) is 6.94. The molecule has 20 heavy (non-hydrogen) atoms. The molecule has 0 radical (unpaired) electrons. The maximum absolute atomic E-state index is 12.4. The second kappa shape index (κ2) is 5.76. The fourth-order valence-corrected chi connectivity index (χ4v) is 4.02. The Balaban J connectivity index is 2.22. The molecule has 2 heterocycles. The second-order valence-electron chi connectivity index (χ2n) is 4.71. The highest BCUT2D eigenvalue weighted by molar-refractivity contribution is 7.91. The number of carbonyl (C=O) groups excluding carboxylic acids is 1. The van der Waals surface area contributed by atoms with Crippen molar-refractivity contribution >= 4 is 15.7 Å². The molecule has 110 valence electrons. The van der Waals surface area contributed by atoms with Gasteiger partial charge in [-0.15, -0.1) is 0 Å². The van der Waals surface area contributed by atoms with E-state index in [2.05, 4.69) is 4.98 Å². The number of pyridine rings is 1. The number of hydrogen-bond acceptors (Lipinski definition) is 6. The van der Waals surface area contributed by atoms with Gasteiger partial charge in [-0.3, -0.25) is 9.78 Å². The smallest absolute Gasteiger partial charge is 0.255 e. The lowest BCUT2D eigenvalue weighted by Gasteiger charge is -2.27. The van der Waals surface area contributed by atoms with Gasteiger partial charge in [0, 0.05) is 18.8 Å². The Morgan fingerprint density at radius 3 is 2.75 bits per heavy atom. The Kier molecular flexibility index (Phi) is 4.24. The molecule has 1 aromatic heterocycles. The molecule has 2 rings (SSSR count). The van der Waals surface area contributed by atoms with Crippen molar-refractivity contribution in [2.75, 3.05) is 24.7 Å². The molecule has 0 spiro atoms. The molecule has 1 atom stereocenters. The van der Waals surface area contributed by atoms with Gasteiger partial charge in [-0.25, -0.2) is 8.42 Å². The average Bonchev–Trinajstić information content (AvgIpc) is 2.75. The highest BCUT2D eigenvalue weighted by Crippen LogP contribution is 2.20. The number of rotatable bonds is 4. The molecule has 7 nitrogen and oxygen atoms in total. The third kappa shape index (κ3) is 3.26. The van der Waals surface area contributed by atoms with Crippen LogP contribution in [0.3, 0.4) is 0 Å². The van der Waals surface area contributed by atoms with Gasteiger partial charge in [0.25, 0.3) is 5.91 Å². The Bertz CT molecular complexity index is 602. The monoisotopic (exact) mass is 300 g/mol. The third-order valence-corrected chi connectivity index (χ3v) is 4.97. The number of nitrogens with zero attached hydrogens (tertiary/aromatic N) is 2. The zero-order valence-electron chi connectivity index (χ0n) is 10.8. The quantitative estimate of drug-likeness (QED) is 0.769. The minimum absolute atomic E-state index is 0.0468. The van der Waals surface area contributed by atoms with Crippen LogP contribution in [-0.2, 0) is 9.84 Å². The average molecular weight is 300 g/mol. The van der Waals surface area contributed by atoms with E-state index in [1.54, 1.807) is 0 Å². The molecule has 1 amide bonds. The van der Waals surface area contributed by atoms with Crippen molar-refractivity contribution in [1.82, 2.24) is 9.88 Å². The largest absolute Gasteiger partial charge is 0.506 e. The number of aliphatic hydroxyl groups excluding tert-OH is 1. The lowest BCUT2D eigenvalue weighted by molar-refractivity contribution is 0.0654. The van der Waals surface area contributed by atoms with Crippen molar-refractivity contribution in [1.29, 1.82) is 0 Å². The first kappa shape index (κ1) is 14.7. The van der Waals surface area contributed by atoms with E-state index in [4.69, 9.17) is 5.11 Å². The Morgan fingerprint density at radius 1 is 1.45 bits per heavy atom. The number of sulfone groups is 1. The van der Waals surface area contributed by atoms with Crippen LogP contribution in [0.4, 0.5) is 0 Å². The van der Waals surface area contributed by atoms with Gasteiger partial charge in [0.15, 0.2) is 9.84 Å². The first-order valence-corrected chi connectivity index (χ1v) is 8.01. The van der Waals surface area contributed by atoms with Crippen LogP contribution in [-0.4, -0.2) is 65.1 Å². The van der Waals surface area contributed by atoms with Gasteiger partial charge in [-0.1, -0.05) is 0 Å². The third-order valence-electron chi connectivity index (χ3n) is 3.22. The maximum atomic E-state index is 12.4. The summed E-state index contributed by atoms with van der Waals surface area (Å²) < 4.78 is 23.0. The van der Waals surface area contributed by atoms with Crippen molar-refractivity contribution in [2.24, 2.45) is 0 Å². The Labute approximate surface area is 116 Å². The summed E-state index contributed by atoms with van der Waals surface area (Å²) in [5.41, 5.74) is 0.169. The predicted molar refractivity (Wildman–Crippen MR) is 71.1 cm³/mol. The fraction of sp³-hybridized carbons (Fsp3) is 0.500. The lowest BCUT2D eigenvalue weighted by atomic mass is 10.1. The van der Waals surface area contributed by atoms with Gasteiger partial charge in [0.2, 0.25) is 0 Å². The molecule has 1 aromatic rings. The molecule has 1 unspecified atom stereocenters. The lowest BCUT2D eigenvalue weighted by Crippen LogP contribution is -2.42. The maximum Gasteiger partial charge on any atom is 0.255 e. The number of aromatic nitrogens is 1. The van der Waals surface area contributed by atoms with Crippen LogP contribution >= 0.6 is 0 Å². The fourth-order valence-electron chi connectivity index (χ4n) is 2.29. The molecule has 8 heteroatoms. The highest BCUT2D eigenvalue weighted by Gasteiger charge is 2.34. The van der Waals surface area contributed by atoms with Crippen LogP contribution in [0.1, 0.15) is 16.8 Å². The highest BCUT2D eigenvalue weighted by atomic mass is 32.2. The summed E-state index contributed by atoms with van der Waals surface area (Å²) in [4.78, 5) is 17.4. The summed E-state index contributed by atoms with van der Waals surface area (Å²) in [5, 5.41) is 18.4. The van der Waals surface area contributed by atoms with Crippen molar-refractivity contribution in [3.05, 3.63) is 24.0 Å². The normalized spacial score (nSPS) is 20.8. The van der Waals surface area contributed by atoms with Crippen LogP contribution in [0.15, 0.2) is 18.5 Å². The van der Waals surface area contributed by atoms with Crippen molar-refractivity contribution < 1.29 is 23.4 Å². The molecule has 1 aliphatic heterocycles. The van der Waals surface area contributed by atoms with Crippen LogP contribution in [0.5, 0.6) is 5.75 Å². The van der Waals surface area contributed by atoms with Gasteiger partial charge in [-0.05, 0) is 12.5 Å². The minimum atomic E-state index is -3.12. The van der Waals surface area contributed by atoms with Crippen LogP contribution in [0.2, 0.25) is 0 Å². The summed E-state index contributed by atoms with van der Waals surface area (Å²) >= 11 is 0. The molecular formula is C12H16N2O5S. The van der Waals surface area contributed by atoms with E-state index in [0.29, 0.717) is 6.42 Å². The van der Waals surface area contributed by atoms with Crippen LogP contribution < -0.4 is 0 Å². The van der Waals surface area contributed by atoms with E-state index in [1.807, 2.05) is 0 Å². The number of carbonyl (C=O) groups is 1. The van der Waals surface area contributed by atoms with Gasteiger partial charge >= 0.3 is 0 Å². The van der Waals surface area contributed by atoms with E-state index in [0.717, 1.165) is 0 Å². The summed E-state index contributed by atoms with van der Waals surface area (Å²) in [7, 11) is -3.12. The molecule has 1 aliphatic rings. The van der Waals surface area contributed by atoms with E-state index in [9.17, 15) is 18.3 Å². The molecule has 1 fully saturated rings. The first-order chi connectivity index (χ1) is 9.43. The van der Waals surface area contributed by atoms with Gasteiger partial charge in [-0.2, -0.15) is 0 Å². The number of aliphatic hydroxyl groups is 1. The van der Waals surface area contributed by atoms with Gasteiger partial charge in [0.1, 0.15) is 5.75 Å². The molecule has 0 aromatic carbocycles. The molecule has 2 N–H and O–H groups in total. The molecule has 0 saturated carbocycles. The SMILES string of the molecule is O=C(c1cncc(O)c1)N(CCO)C1CCS(=O)(=O)C1. The minimum Gasteiger partial charge on any atom is -0.506 e. The molecular weight excluding hydrogens is 284 g/mol. The number of amides is 1. The zero-order chi connectivity index (χ0) is 14.8. The van der Waals surface area contributed by atoms with E-state index < -0.39 is 21.8 Å². The van der Waals surface area contributed by atoms with E-state index in [-0.39, 0.29) is 36.0 Å². The zero-order valence-corrected chi connectivity index (χ0v) is 11.6. The van der Waals surface area contributed by atoms with Crippen molar-refractivity contribution in [3.8, 4) is 5.75 Å². The topological polar surface area (TPSA) is 108 Å². The first-order valence-electron chi connectivity index (χ1n) is 6.19. The van der Waals surface area contributed by atoms with E-state index in [1.165, 1.54) is 23.4 Å². The standard InChI is InChI=1S/C12H16N2O5S/c15-3-2-14(10-1-4-20(18,19)8-10)12(17)9-5-11(16)7-13-6-9/h5-7,10,15-16H,1-4,8H2. The molecule has 1 saturated heterocycles. The van der Waals surface area contributed by atoms with E-state index >= 15 is 0 Å². The summed E-state index contributed by atoms with van der Waals surface area (Å²) in [6.45, 7) is -0.205.